The first kappa shape index (κ1) is 26.3. The maximum Gasteiger partial charge on any atom is 0.246 e. The molecule has 10 heteroatoms. The number of carbonyl (C=O) groups is 1. The van der Waals surface area contributed by atoms with Gasteiger partial charge in [-0.05, 0) is 69.1 Å². The fraction of sp³-hybridized carbons (Fsp3) is 0.345. The zero-order chi connectivity index (χ0) is 27.4. The summed E-state index contributed by atoms with van der Waals surface area (Å²) in [4.78, 5) is 29.3. The minimum atomic E-state index is 0.0894. The van der Waals surface area contributed by atoms with Gasteiger partial charge in [-0.2, -0.15) is 0 Å². The second-order valence-electron chi connectivity index (χ2n) is 10.4. The molecule has 1 aliphatic heterocycles. The highest BCUT2D eigenvalue weighted by Crippen LogP contribution is 2.39. The summed E-state index contributed by atoms with van der Waals surface area (Å²) in [5.41, 5.74) is 7.64. The fourth-order valence-electron chi connectivity index (χ4n) is 5.38. The van der Waals surface area contributed by atoms with E-state index in [2.05, 4.69) is 20.3 Å². The molecule has 2 aliphatic rings. The number of fused-ring (bicyclic) bond motifs is 1. The molecule has 1 aromatic carbocycles. The van der Waals surface area contributed by atoms with E-state index >= 15 is 0 Å². The van der Waals surface area contributed by atoms with E-state index in [-0.39, 0.29) is 23.5 Å². The van der Waals surface area contributed by atoms with Gasteiger partial charge in [0.2, 0.25) is 11.8 Å². The first-order chi connectivity index (χ1) is 18.9. The number of hydrogen-bond donors (Lipinski definition) is 3. The Balaban J connectivity index is 1.22. The van der Waals surface area contributed by atoms with Crippen LogP contribution in [0.25, 0.3) is 0 Å². The van der Waals surface area contributed by atoms with Crippen molar-refractivity contribution in [3.8, 4) is 11.6 Å². The second-order valence-corrected chi connectivity index (χ2v) is 10.4. The molecule has 1 saturated carbocycles. The van der Waals surface area contributed by atoms with E-state index in [9.17, 15) is 4.79 Å². The molecule has 0 spiro atoms. The number of amides is 1. The fourth-order valence-corrected chi connectivity index (χ4v) is 5.38. The third kappa shape index (κ3) is 6.23. The first-order valence-electron chi connectivity index (χ1n) is 13.1. The number of anilines is 2. The lowest BCUT2D eigenvalue weighted by molar-refractivity contribution is -0.125. The number of likely N-dealkylation sites (tertiary alicyclic amines) is 1. The predicted octanol–water partition coefficient (Wildman–Crippen LogP) is 3.43. The number of pyridine rings is 1. The van der Waals surface area contributed by atoms with Crippen LogP contribution in [0.5, 0.6) is 11.6 Å². The quantitative estimate of drug-likeness (QED) is 0.285. The van der Waals surface area contributed by atoms with Gasteiger partial charge in [-0.3, -0.25) is 10.2 Å². The van der Waals surface area contributed by atoms with Crippen molar-refractivity contribution in [3.63, 3.8) is 0 Å². The summed E-state index contributed by atoms with van der Waals surface area (Å²) in [6, 6.07) is 12.9. The molecule has 2 unspecified atom stereocenters. The second kappa shape index (κ2) is 11.6. The Morgan fingerprint density at radius 2 is 1.87 bits per heavy atom. The van der Waals surface area contributed by atoms with Crippen molar-refractivity contribution in [2.24, 2.45) is 11.8 Å². The van der Waals surface area contributed by atoms with Gasteiger partial charge in [0.05, 0.1) is 11.3 Å². The van der Waals surface area contributed by atoms with Crippen LogP contribution in [0.4, 0.5) is 11.6 Å². The highest BCUT2D eigenvalue weighted by molar-refractivity contribution is 6.16. The summed E-state index contributed by atoms with van der Waals surface area (Å²) in [6.07, 6.45) is 8.57. The zero-order valence-electron chi connectivity index (χ0n) is 22.2. The maximum absolute atomic E-state index is 12.6. The minimum Gasteiger partial charge on any atom is -0.439 e. The number of nitrogen functional groups attached to an aromatic ring is 1. The van der Waals surface area contributed by atoms with E-state index in [0.29, 0.717) is 40.4 Å². The molecular weight excluding hydrogens is 492 g/mol. The van der Waals surface area contributed by atoms with Gasteiger partial charge in [-0.15, -0.1) is 0 Å². The number of nitrogens with two attached hydrogens (primary N) is 1. The topological polar surface area (TPSA) is 133 Å². The number of benzene rings is 1. The van der Waals surface area contributed by atoms with Crippen LogP contribution in [0.15, 0.2) is 67.1 Å². The van der Waals surface area contributed by atoms with Crippen LogP contribution in [-0.4, -0.2) is 76.1 Å². The van der Waals surface area contributed by atoms with Gasteiger partial charge in [0, 0.05) is 49.6 Å². The Morgan fingerprint density at radius 3 is 2.54 bits per heavy atom. The summed E-state index contributed by atoms with van der Waals surface area (Å²) in [5.74, 6) is 2.93. The molecule has 10 nitrogen and oxygen atoms in total. The molecule has 3 aromatic rings. The van der Waals surface area contributed by atoms with Crippen LogP contribution < -0.4 is 15.8 Å². The Morgan fingerprint density at radius 1 is 1.13 bits per heavy atom. The van der Waals surface area contributed by atoms with Gasteiger partial charge in [0.15, 0.2) is 0 Å². The lowest BCUT2D eigenvalue weighted by Crippen LogP contribution is -2.30. The standard InChI is InChI=1S/C29H34N8O2/c1-36(2)13-5-7-25(38)37-16-20-14-22(15-21(20)17-37)35-29-26(28(31)33-18-34-29)27(30)19-8-10-23(11-9-19)39-24-6-3-4-12-32-24/h3-12,18,20-22,30H,13-17H2,1-2H3,(H3,31,33,34,35)/b7-5+,30-27?. The van der Waals surface area contributed by atoms with Crippen molar-refractivity contribution >= 4 is 23.3 Å². The van der Waals surface area contributed by atoms with Crippen LogP contribution >= 0.6 is 0 Å². The van der Waals surface area contributed by atoms with Gasteiger partial charge in [-0.25, -0.2) is 15.0 Å². The molecule has 1 amide bonds. The van der Waals surface area contributed by atoms with E-state index in [0.717, 1.165) is 32.5 Å². The van der Waals surface area contributed by atoms with Crippen LogP contribution in [0.3, 0.4) is 0 Å². The number of hydrogen-bond acceptors (Lipinski definition) is 9. The molecule has 2 atom stereocenters. The van der Waals surface area contributed by atoms with Crippen molar-refractivity contribution in [2.45, 2.75) is 18.9 Å². The molecule has 202 valence electrons. The maximum atomic E-state index is 12.6. The van der Waals surface area contributed by atoms with E-state index in [1.54, 1.807) is 30.5 Å². The van der Waals surface area contributed by atoms with Gasteiger partial charge < -0.3 is 25.6 Å². The van der Waals surface area contributed by atoms with Crippen LogP contribution in [0, 0.1) is 17.2 Å². The first-order valence-corrected chi connectivity index (χ1v) is 13.1. The molecular formula is C29H34N8O2. The number of nitrogens with one attached hydrogen (secondary N) is 2. The summed E-state index contributed by atoms with van der Waals surface area (Å²) in [6.45, 7) is 2.30. The molecule has 0 radical (unpaired) electrons. The molecule has 3 heterocycles. The van der Waals surface area contributed by atoms with E-state index in [4.69, 9.17) is 15.9 Å². The monoisotopic (exact) mass is 526 g/mol. The Kier molecular flexibility index (Phi) is 7.83. The summed E-state index contributed by atoms with van der Waals surface area (Å²) < 4.78 is 5.77. The van der Waals surface area contributed by atoms with E-state index < -0.39 is 0 Å². The number of nitrogens with zero attached hydrogens (tertiary/aromatic N) is 5. The van der Waals surface area contributed by atoms with Crippen molar-refractivity contribution in [3.05, 3.63) is 78.3 Å². The molecule has 0 bridgehead atoms. The SMILES string of the molecule is CN(C)C/C=C/C(=O)N1CC2CC(Nc3ncnc(N)c3C(=N)c3ccc(Oc4ccccn4)cc3)CC2C1. The third-order valence-corrected chi connectivity index (χ3v) is 7.26. The molecule has 5 rings (SSSR count). The van der Waals surface area contributed by atoms with Crippen LogP contribution in [0.2, 0.25) is 0 Å². The van der Waals surface area contributed by atoms with Crippen LogP contribution in [-0.2, 0) is 4.79 Å². The minimum absolute atomic E-state index is 0.0894. The number of aromatic nitrogens is 3. The Bertz CT molecular complexity index is 1330. The van der Waals surface area contributed by atoms with Crippen LogP contribution in [0.1, 0.15) is 24.0 Å². The van der Waals surface area contributed by atoms with Gasteiger partial charge in [0.1, 0.15) is 23.7 Å². The molecule has 1 saturated heterocycles. The van der Waals surface area contributed by atoms with Gasteiger partial charge >= 0.3 is 0 Å². The highest BCUT2D eigenvalue weighted by Gasteiger charge is 2.42. The van der Waals surface area contributed by atoms with Gasteiger partial charge in [0.25, 0.3) is 0 Å². The zero-order valence-corrected chi connectivity index (χ0v) is 22.2. The number of rotatable bonds is 9. The lowest BCUT2D eigenvalue weighted by Gasteiger charge is -2.21. The molecule has 1 aliphatic carbocycles. The Hall–Kier alpha value is -4.31. The Labute approximate surface area is 228 Å². The molecule has 39 heavy (non-hydrogen) atoms. The molecule has 2 aromatic heterocycles. The van der Waals surface area contributed by atoms with Gasteiger partial charge in [-0.1, -0.05) is 12.1 Å². The van der Waals surface area contributed by atoms with Crippen molar-refractivity contribution in [1.82, 2.24) is 24.8 Å². The summed E-state index contributed by atoms with van der Waals surface area (Å²) in [5, 5.41) is 12.4. The molecule has 2 fully saturated rings. The normalized spacial score (nSPS) is 20.4. The van der Waals surface area contributed by atoms with Crippen molar-refractivity contribution in [2.75, 3.05) is 44.8 Å². The van der Waals surface area contributed by atoms with E-state index in [1.807, 2.05) is 54.2 Å². The smallest absolute Gasteiger partial charge is 0.246 e. The average molecular weight is 527 g/mol. The highest BCUT2D eigenvalue weighted by atomic mass is 16.5. The summed E-state index contributed by atoms with van der Waals surface area (Å²) >= 11 is 0. The van der Waals surface area contributed by atoms with E-state index in [1.165, 1.54) is 6.33 Å². The number of ether oxygens (including phenoxy) is 1. The third-order valence-electron chi connectivity index (χ3n) is 7.26. The number of carbonyl (C=O) groups excluding carboxylic acids is 1. The summed E-state index contributed by atoms with van der Waals surface area (Å²) in [7, 11) is 3.96. The molecule has 4 N–H and O–H groups in total. The largest absolute Gasteiger partial charge is 0.439 e. The number of likely N-dealkylation sites (N-methyl/N-ethyl adjacent to an activating group) is 1. The lowest BCUT2D eigenvalue weighted by atomic mass is 10.0. The predicted molar refractivity (Wildman–Crippen MR) is 151 cm³/mol. The van der Waals surface area contributed by atoms with Crippen molar-refractivity contribution < 1.29 is 9.53 Å². The average Bonchev–Trinajstić information content (AvgIpc) is 3.48. The van der Waals surface area contributed by atoms with Crippen molar-refractivity contribution in [1.29, 1.82) is 5.41 Å².